The van der Waals surface area contributed by atoms with E-state index in [1.165, 1.54) is 4.90 Å². The minimum Gasteiger partial charge on any atom is -0.336 e. The van der Waals surface area contributed by atoms with Gasteiger partial charge in [0.1, 0.15) is 5.69 Å². The lowest BCUT2D eigenvalue weighted by Gasteiger charge is -2.13. The molecule has 0 saturated carbocycles. The van der Waals surface area contributed by atoms with E-state index < -0.39 is 0 Å². The Hall–Kier alpha value is -2.35. The average molecular weight is 319 g/mol. The molecule has 0 aromatic carbocycles. The molecule has 3 heterocycles. The standard InChI is InChI=1S/C14H17N5O2S/c1-10-9-11(12-3-2-8-22-12)17-19(10)7-5-16-14(21)18-6-4-15-13(18)20/h2-3,8-9H,4-7H2,1H3,(H,15,20)(H,16,21). The van der Waals surface area contributed by atoms with Crippen LogP contribution in [0.3, 0.4) is 0 Å². The van der Waals surface area contributed by atoms with Crippen LogP contribution in [0.2, 0.25) is 0 Å². The fraction of sp³-hybridized carbons (Fsp3) is 0.357. The molecule has 7 nitrogen and oxygen atoms in total. The van der Waals surface area contributed by atoms with Gasteiger partial charge in [0, 0.05) is 25.3 Å². The second-order valence-electron chi connectivity index (χ2n) is 4.99. The largest absolute Gasteiger partial charge is 0.336 e. The van der Waals surface area contributed by atoms with Crippen molar-refractivity contribution in [2.75, 3.05) is 19.6 Å². The average Bonchev–Trinajstić information content (AvgIpc) is 3.20. The van der Waals surface area contributed by atoms with Crippen LogP contribution in [-0.4, -0.2) is 46.4 Å². The number of imide groups is 1. The summed E-state index contributed by atoms with van der Waals surface area (Å²) in [4.78, 5) is 25.5. The Morgan fingerprint density at radius 2 is 2.41 bits per heavy atom. The summed E-state index contributed by atoms with van der Waals surface area (Å²) in [5.41, 5.74) is 1.98. The third-order valence-electron chi connectivity index (χ3n) is 3.46. The molecule has 1 aliphatic heterocycles. The number of urea groups is 2. The highest BCUT2D eigenvalue weighted by molar-refractivity contribution is 7.13. The topological polar surface area (TPSA) is 79.3 Å². The third-order valence-corrected chi connectivity index (χ3v) is 4.35. The fourth-order valence-corrected chi connectivity index (χ4v) is 2.99. The molecule has 8 heteroatoms. The molecule has 0 unspecified atom stereocenters. The van der Waals surface area contributed by atoms with Crippen LogP contribution >= 0.6 is 11.3 Å². The Bertz CT molecular complexity index is 679. The number of hydrogen-bond acceptors (Lipinski definition) is 4. The van der Waals surface area contributed by atoms with Crippen molar-refractivity contribution in [1.82, 2.24) is 25.3 Å². The van der Waals surface area contributed by atoms with E-state index in [9.17, 15) is 9.59 Å². The zero-order valence-electron chi connectivity index (χ0n) is 12.2. The van der Waals surface area contributed by atoms with Crippen LogP contribution in [-0.2, 0) is 6.54 Å². The highest BCUT2D eigenvalue weighted by Gasteiger charge is 2.25. The molecule has 2 aromatic heterocycles. The highest BCUT2D eigenvalue weighted by Crippen LogP contribution is 2.23. The minimum atomic E-state index is -0.363. The van der Waals surface area contributed by atoms with Crippen molar-refractivity contribution in [3.05, 3.63) is 29.3 Å². The van der Waals surface area contributed by atoms with Gasteiger partial charge >= 0.3 is 12.1 Å². The molecule has 0 radical (unpaired) electrons. The quantitative estimate of drug-likeness (QED) is 0.899. The lowest BCUT2D eigenvalue weighted by molar-refractivity contribution is 0.198. The van der Waals surface area contributed by atoms with Gasteiger partial charge in [0.2, 0.25) is 0 Å². The van der Waals surface area contributed by atoms with Crippen molar-refractivity contribution in [3.63, 3.8) is 0 Å². The predicted octanol–water partition coefficient (Wildman–Crippen LogP) is 1.65. The van der Waals surface area contributed by atoms with Crippen molar-refractivity contribution in [2.24, 2.45) is 0 Å². The van der Waals surface area contributed by atoms with E-state index in [0.29, 0.717) is 26.2 Å². The van der Waals surface area contributed by atoms with Crippen molar-refractivity contribution in [3.8, 4) is 10.6 Å². The molecule has 2 aromatic rings. The predicted molar refractivity (Wildman–Crippen MR) is 83.8 cm³/mol. The first kappa shape index (κ1) is 14.6. The van der Waals surface area contributed by atoms with Crippen molar-refractivity contribution < 1.29 is 9.59 Å². The summed E-state index contributed by atoms with van der Waals surface area (Å²) < 4.78 is 1.86. The third kappa shape index (κ3) is 2.96. The molecule has 0 bridgehead atoms. The van der Waals surface area contributed by atoms with Gasteiger partial charge in [0.25, 0.3) is 0 Å². The van der Waals surface area contributed by atoms with Crippen molar-refractivity contribution >= 4 is 23.4 Å². The lowest BCUT2D eigenvalue weighted by atomic mass is 10.3. The van der Waals surface area contributed by atoms with Gasteiger partial charge in [-0.3, -0.25) is 4.68 Å². The Labute approximate surface area is 131 Å². The fourth-order valence-electron chi connectivity index (χ4n) is 2.31. The number of nitrogens with zero attached hydrogens (tertiary/aromatic N) is 3. The maximum Gasteiger partial charge on any atom is 0.325 e. The molecule has 2 N–H and O–H groups in total. The number of amides is 4. The van der Waals surface area contributed by atoms with Gasteiger partial charge in [-0.2, -0.15) is 5.10 Å². The SMILES string of the molecule is Cc1cc(-c2cccs2)nn1CCNC(=O)N1CCNC1=O. The summed E-state index contributed by atoms with van der Waals surface area (Å²) >= 11 is 1.65. The zero-order chi connectivity index (χ0) is 15.5. The Morgan fingerprint density at radius 3 is 3.09 bits per heavy atom. The molecular formula is C14H17N5O2S. The molecule has 1 aliphatic rings. The van der Waals surface area contributed by atoms with E-state index in [2.05, 4.69) is 15.7 Å². The molecule has 1 fully saturated rings. The van der Waals surface area contributed by atoms with E-state index in [-0.39, 0.29) is 12.1 Å². The molecule has 1 saturated heterocycles. The second kappa shape index (κ2) is 6.18. The summed E-state index contributed by atoms with van der Waals surface area (Å²) in [5.74, 6) is 0. The number of carbonyl (C=O) groups is 2. The van der Waals surface area contributed by atoms with Crippen LogP contribution in [0.1, 0.15) is 5.69 Å². The zero-order valence-corrected chi connectivity index (χ0v) is 13.0. The Morgan fingerprint density at radius 1 is 1.55 bits per heavy atom. The molecule has 0 aliphatic carbocycles. The van der Waals surface area contributed by atoms with E-state index in [4.69, 9.17) is 0 Å². The summed E-state index contributed by atoms with van der Waals surface area (Å²) in [5, 5.41) is 11.9. The van der Waals surface area contributed by atoms with E-state index in [0.717, 1.165) is 16.3 Å². The normalized spacial score (nSPS) is 14.2. The molecule has 22 heavy (non-hydrogen) atoms. The van der Waals surface area contributed by atoms with Gasteiger partial charge in [-0.15, -0.1) is 11.3 Å². The molecule has 4 amide bonds. The van der Waals surface area contributed by atoms with Crippen LogP contribution < -0.4 is 10.6 Å². The first-order valence-corrected chi connectivity index (χ1v) is 7.94. The Balaban J connectivity index is 1.56. The van der Waals surface area contributed by atoms with Crippen LogP contribution in [0.4, 0.5) is 9.59 Å². The second-order valence-corrected chi connectivity index (χ2v) is 5.93. The summed E-state index contributed by atoms with van der Waals surface area (Å²) in [6, 6.07) is 5.35. The number of rotatable bonds is 4. The number of thiophene rings is 1. The molecule has 0 atom stereocenters. The number of carbonyl (C=O) groups excluding carboxylic acids is 2. The molecular weight excluding hydrogens is 302 g/mol. The number of nitrogens with one attached hydrogen (secondary N) is 2. The first-order valence-electron chi connectivity index (χ1n) is 7.06. The van der Waals surface area contributed by atoms with Gasteiger partial charge in [-0.1, -0.05) is 6.07 Å². The summed E-state index contributed by atoms with van der Waals surface area (Å²) in [6.45, 7) is 3.90. The van der Waals surface area contributed by atoms with Crippen molar-refractivity contribution in [2.45, 2.75) is 13.5 Å². The highest BCUT2D eigenvalue weighted by atomic mass is 32.1. The van der Waals surface area contributed by atoms with Gasteiger partial charge in [-0.25, -0.2) is 14.5 Å². The lowest BCUT2D eigenvalue weighted by Crippen LogP contribution is -2.42. The van der Waals surface area contributed by atoms with Gasteiger partial charge < -0.3 is 10.6 Å². The summed E-state index contributed by atoms with van der Waals surface area (Å²) in [7, 11) is 0. The van der Waals surface area contributed by atoms with Crippen LogP contribution in [0.15, 0.2) is 23.6 Å². The number of aryl methyl sites for hydroxylation is 1. The van der Waals surface area contributed by atoms with E-state index >= 15 is 0 Å². The Kier molecular flexibility index (Phi) is 4.10. The van der Waals surface area contributed by atoms with Gasteiger partial charge in [-0.05, 0) is 24.4 Å². The van der Waals surface area contributed by atoms with Crippen LogP contribution in [0, 0.1) is 6.92 Å². The van der Waals surface area contributed by atoms with Crippen LogP contribution in [0.25, 0.3) is 10.6 Å². The number of aromatic nitrogens is 2. The first-order chi connectivity index (χ1) is 10.6. The summed E-state index contributed by atoms with van der Waals surface area (Å²) in [6.07, 6.45) is 0. The minimum absolute atomic E-state index is 0.340. The van der Waals surface area contributed by atoms with E-state index in [1.807, 2.05) is 35.2 Å². The van der Waals surface area contributed by atoms with Gasteiger partial charge in [0.05, 0.1) is 11.4 Å². The van der Waals surface area contributed by atoms with Crippen molar-refractivity contribution in [1.29, 1.82) is 0 Å². The molecule has 3 rings (SSSR count). The van der Waals surface area contributed by atoms with E-state index in [1.54, 1.807) is 11.3 Å². The maximum atomic E-state index is 11.8. The number of hydrogen-bond donors (Lipinski definition) is 2. The maximum absolute atomic E-state index is 11.8. The van der Waals surface area contributed by atoms with Crippen LogP contribution in [0.5, 0.6) is 0 Å². The monoisotopic (exact) mass is 319 g/mol. The molecule has 0 spiro atoms. The smallest absolute Gasteiger partial charge is 0.325 e. The molecule has 116 valence electrons. The van der Waals surface area contributed by atoms with Gasteiger partial charge in [0.15, 0.2) is 0 Å².